The lowest BCUT2D eigenvalue weighted by atomic mass is 10.0. The van der Waals surface area contributed by atoms with Crippen molar-refractivity contribution in [3.05, 3.63) is 199 Å². The molecule has 0 fully saturated rings. The zero-order valence-corrected chi connectivity index (χ0v) is 31.4. The minimum atomic E-state index is -0.333. The van der Waals surface area contributed by atoms with Gasteiger partial charge in [0.15, 0.2) is 5.84 Å². The monoisotopic (exact) mass is 748 g/mol. The Morgan fingerprint density at radius 1 is 0.526 bits per heavy atom. The summed E-state index contributed by atoms with van der Waals surface area (Å²) in [6, 6.07) is 64.2. The smallest absolute Gasteiger partial charge is 0.160 e. The van der Waals surface area contributed by atoms with Gasteiger partial charge in [-0.3, -0.25) is 0 Å². The molecule has 57 heavy (non-hydrogen) atoms. The molecule has 0 spiro atoms. The Morgan fingerprint density at radius 3 is 2.09 bits per heavy atom. The summed E-state index contributed by atoms with van der Waals surface area (Å²) in [5.41, 5.74) is 10.4. The minimum Gasteiger partial charge on any atom is -0.456 e. The number of amidine groups is 2. The second kappa shape index (κ2) is 12.6. The zero-order chi connectivity index (χ0) is 37.5. The lowest BCUT2D eigenvalue weighted by Gasteiger charge is -2.24. The van der Waals surface area contributed by atoms with Crippen LogP contribution in [-0.2, 0) is 0 Å². The number of hydrogen-bond donors (Lipinski definition) is 1. The van der Waals surface area contributed by atoms with Gasteiger partial charge in [-0.2, -0.15) is 0 Å². The summed E-state index contributed by atoms with van der Waals surface area (Å²) in [7, 11) is 0. The number of para-hydroxylation sites is 1. The Morgan fingerprint density at radius 2 is 1.25 bits per heavy atom. The molecule has 0 bridgehead atoms. The van der Waals surface area contributed by atoms with E-state index in [-0.39, 0.29) is 6.17 Å². The van der Waals surface area contributed by atoms with Crippen LogP contribution in [0.1, 0.15) is 22.9 Å². The maximum Gasteiger partial charge on any atom is 0.160 e. The molecule has 0 aliphatic carbocycles. The molecule has 1 aliphatic rings. The van der Waals surface area contributed by atoms with Crippen LogP contribution in [-0.4, -0.2) is 16.2 Å². The summed E-state index contributed by atoms with van der Waals surface area (Å²) in [5, 5.41) is 10.8. The number of furan rings is 1. The number of hydrogen-bond acceptors (Lipinski definition) is 5. The quantitative estimate of drug-likeness (QED) is 0.191. The largest absolute Gasteiger partial charge is 0.456 e. The summed E-state index contributed by atoms with van der Waals surface area (Å²) < 4.78 is 11.7. The molecule has 11 aromatic rings. The Hall–Kier alpha value is -7.28. The molecule has 0 amide bonds. The van der Waals surface area contributed by atoms with Crippen LogP contribution in [0, 0.1) is 0 Å². The molecule has 3 aromatic heterocycles. The van der Waals surface area contributed by atoms with Crippen LogP contribution in [0.15, 0.2) is 196 Å². The summed E-state index contributed by atoms with van der Waals surface area (Å²) in [4.78, 5) is 10.5. The Bertz CT molecular complexity index is 3430. The van der Waals surface area contributed by atoms with Crippen LogP contribution in [0.3, 0.4) is 0 Å². The van der Waals surface area contributed by atoms with Gasteiger partial charge in [0.2, 0.25) is 0 Å². The highest BCUT2D eigenvalue weighted by Crippen LogP contribution is 2.44. The number of rotatable bonds is 5. The fourth-order valence-electron chi connectivity index (χ4n) is 8.62. The van der Waals surface area contributed by atoms with Gasteiger partial charge in [-0.15, -0.1) is 11.3 Å². The van der Waals surface area contributed by atoms with Crippen LogP contribution in [0.5, 0.6) is 0 Å². The molecule has 268 valence electrons. The van der Waals surface area contributed by atoms with Gasteiger partial charge in [-0.05, 0) is 53.1 Å². The number of nitrogens with one attached hydrogen (secondary N) is 1. The minimum absolute atomic E-state index is 0.333. The van der Waals surface area contributed by atoms with Crippen molar-refractivity contribution in [3.8, 4) is 16.8 Å². The summed E-state index contributed by atoms with van der Waals surface area (Å²) in [6.45, 7) is 0. The number of nitrogens with zero attached hydrogens (tertiary/aromatic N) is 3. The second-order valence-corrected chi connectivity index (χ2v) is 15.6. The van der Waals surface area contributed by atoms with Gasteiger partial charge in [-0.1, -0.05) is 140 Å². The van der Waals surface area contributed by atoms with Gasteiger partial charge in [0.1, 0.15) is 23.2 Å². The molecule has 0 saturated carbocycles. The second-order valence-electron chi connectivity index (χ2n) is 14.6. The third-order valence-corrected chi connectivity index (χ3v) is 12.5. The van der Waals surface area contributed by atoms with Gasteiger partial charge in [0, 0.05) is 64.6 Å². The Kier molecular flexibility index (Phi) is 7.09. The molecule has 12 rings (SSSR count). The average Bonchev–Trinajstić information content (AvgIpc) is 3.96. The van der Waals surface area contributed by atoms with E-state index < -0.39 is 0 Å². The van der Waals surface area contributed by atoms with Crippen LogP contribution < -0.4 is 5.32 Å². The first kappa shape index (κ1) is 32.0. The fourth-order valence-corrected chi connectivity index (χ4v) is 9.88. The summed E-state index contributed by atoms with van der Waals surface area (Å²) >= 11 is 1.87. The first-order valence-electron chi connectivity index (χ1n) is 19.2. The highest BCUT2D eigenvalue weighted by Gasteiger charge is 2.24. The number of aromatic nitrogens is 1. The molecule has 8 aromatic carbocycles. The van der Waals surface area contributed by atoms with Crippen molar-refractivity contribution in [2.45, 2.75) is 6.17 Å². The van der Waals surface area contributed by atoms with Gasteiger partial charge in [0.25, 0.3) is 0 Å². The van der Waals surface area contributed by atoms with Gasteiger partial charge < -0.3 is 14.3 Å². The van der Waals surface area contributed by atoms with Crippen LogP contribution in [0.4, 0.5) is 0 Å². The van der Waals surface area contributed by atoms with E-state index in [0.29, 0.717) is 5.84 Å². The molecule has 1 unspecified atom stereocenters. The molecule has 5 nitrogen and oxygen atoms in total. The molecular formula is C51H32N4OS. The van der Waals surface area contributed by atoms with Crippen molar-refractivity contribution in [1.82, 2.24) is 9.88 Å². The van der Waals surface area contributed by atoms with Crippen molar-refractivity contribution in [2.75, 3.05) is 0 Å². The van der Waals surface area contributed by atoms with Crippen molar-refractivity contribution in [3.63, 3.8) is 0 Å². The fraction of sp³-hybridized carbons (Fsp3) is 0.0196. The maximum atomic E-state index is 6.70. The molecule has 1 N–H and O–H groups in total. The van der Waals surface area contributed by atoms with Crippen LogP contribution >= 0.6 is 11.3 Å². The lowest BCUT2D eigenvalue weighted by molar-refractivity contribution is 0.668. The zero-order valence-electron chi connectivity index (χ0n) is 30.6. The molecule has 4 heterocycles. The molecular weight excluding hydrogens is 717 g/mol. The van der Waals surface area contributed by atoms with E-state index in [9.17, 15) is 0 Å². The van der Waals surface area contributed by atoms with Crippen molar-refractivity contribution < 1.29 is 4.42 Å². The van der Waals surface area contributed by atoms with Gasteiger partial charge in [0.05, 0.1) is 11.0 Å². The molecule has 0 saturated heterocycles. The van der Waals surface area contributed by atoms with E-state index in [1.54, 1.807) is 0 Å². The standard InChI is InChI=1S/C51H32N4OS/c1-3-12-31(13-4-1)32-22-24-34(25-23-32)50-52-49(33-14-5-2-6-15-33)53-51(54-50)40-18-11-20-43-46(40)39-27-26-35(30-44(39)56-43)55-41-19-9-7-17-38(41)47-42(55)29-28-37-36-16-8-10-21-45(36)57-48(37)47/h1-30,50H,(H,52,53,54). The SMILES string of the molecule is c1ccc(C2=NC(c3cccc4oc5cc(-n6c7ccccc7c7c8sc9ccccc9c8ccc76)ccc5c34)=NC(c3ccc(-c4ccccc4)cc3)N2)cc1. The highest BCUT2D eigenvalue weighted by atomic mass is 32.1. The van der Waals surface area contributed by atoms with Crippen molar-refractivity contribution in [2.24, 2.45) is 9.98 Å². The number of fused-ring (bicyclic) bond motifs is 10. The Balaban J connectivity index is 1.01. The maximum absolute atomic E-state index is 6.70. The van der Waals surface area contributed by atoms with E-state index in [1.165, 1.54) is 53.1 Å². The number of benzene rings is 8. The van der Waals surface area contributed by atoms with E-state index >= 15 is 0 Å². The molecule has 1 atom stereocenters. The van der Waals surface area contributed by atoms with Crippen LogP contribution in [0.25, 0.3) is 80.7 Å². The molecule has 0 radical (unpaired) electrons. The normalized spacial score (nSPS) is 14.5. The van der Waals surface area contributed by atoms with E-state index in [4.69, 9.17) is 14.4 Å². The van der Waals surface area contributed by atoms with Gasteiger partial charge >= 0.3 is 0 Å². The van der Waals surface area contributed by atoms with Crippen molar-refractivity contribution in [1.29, 1.82) is 0 Å². The summed E-state index contributed by atoms with van der Waals surface area (Å²) in [6.07, 6.45) is -0.333. The average molecular weight is 749 g/mol. The predicted octanol–water partition coefficient (Wildman–Crippen LogP) is 13.2. The first-order valence-corrected chi connectivity index (χ1v) is 20.0. The molecule has 1 aliphatic heterocycles. The third-order valence-electron chi connectivity index (χ3n) is 11.3. The van der Waals surface area contributed by atoms with E-state index in [2.05, 4.69) is 155 Å². The topological polar surface area (TPSA) is 54.8 Å². The highest BCUT2D eigenvalue weighted by molar-refractivity contribution is 7.26. The number of thiophene rings is 1. The lowest BCUT2D eigenvalue weighted by Crippen LogP contribution is -2.33. The molecule has 6 heteroatoms. The third kappa shape index (κ3) is 5.08. The van der Waals surface area contributed by atoms with E-state index in [0.717, 1.165) is 50.2 Å². The van der Waals surface area contributed by atoms with Gasteiger partial charge in [-0.25, -0.2) is 9.98 Å². The predicted molar refractivity (Wildman–Crippen MR) is 238 cm³/mol. The van der Waals surface area contributed by atoms with Crippen LogP contribution in [0.2, 0.25) is 0 Å². The summed E-state index contributed by atoms with van der Waals surface area (Å²) in [5.74, 6) is 1.45. The Labute approximate surface area is 331 Å². The van der Waals surface area contributed by atoms with E-state index in [1.807, 2.05) is 47.7 Å². The van der Waals surface area contributed by atoms with Crippen molar-refractivity contribution >= 4 is 86.9 Å². The number of aliphatic imine (C=N–C) groups is 2. The first-order chi connectivity index (χ1) is 28.2.